The van der Waals surface area contributed by atoms with Gasteiger partial charge in [0.2, 0.25) is 0 Å². The van der Waals surface area contributed by atoms with Gasteiger partial charge in [-0.3, -0.25) is 0 Å². The molecule has 0 bridgehead atoms. The third-order valence-electron chi connectivity index (χ3n) is 3.17. The van der Waals surface area contributed by atoms with Crippen LogP contribution in [0.25, 0.3) is 0 Å². The third kappa shape index (κ3) is 2.98. The average molecular weight is 259 g/mol. The van der Waals surface area contributed by atoms with Gasteiger partial charge in [0.15, 0.2) is 0 Å². The van der Waals surface area contributed by atoms with E-state index < -0.39 is 0 Å². The Balaban J connectivity index is 2.42. The molecule has 102 valence electrons. The predicted octanol–water partition coefficient (Wildman–Crippen LogP) is 1.92. The van der Waals surface area contributed by atoms with Crippen molar-refractivity contribution < 1.29 is 0 Å². The quantitative estimate of drug-likeness (QED) is 0.891. The van der Waals surface area contributed by atoms with Crippen molar-refractivity contribution in [2.75, 3.05) is 6.54 Å². The van der Waals surface area contributed by atoms with E-state index in [4.69, 9.17) is 0 Å². The molecule has 0 saturated carbocycles. The Hall–Kier alpha value is -1.75. The van der Waals surface area contributed by atoms with Crippen LogP contribution in [-0.2, 0) is 7.05 Å². The Bertz CT molecular complexity index is 547. The summed E-state index contributed by atoms with van der Waals surface area (Å²) < 4.78 is 2.04. The second-order valence-corrected chi connectivity index (χ2v) is 4.81. The summed E-state index contributed by atoms with van der Waals surface area (Å²) in [7, 11) is 2.01. The van der Waals surface area contributed by atoms with Crippen molar-refractivity contribution >= 4 is 0 Å². The van der Waals surface area contributed by atoms with Crippen LogP contribution in [-0.4, -0.2) is 26.3 Å². The van der Waals surface area contributed by atoms with E-state index in [1.165, 1.54) is 0 Å². The number of hydrogen-bond donors (Lipinski definition) is 1. The molecule has 0 amide bonds. The maximum absolute atomic E-state index is 4.47. The minimum Gasteiger partial charge on any atom is -0.336 e. The van der Waals surface area contributed by atoms with Gasteiger partial charge in [-0.15, -0.1) is 0 Å². The number of hydrogen-bond acceptors (Lipinski definition) is 4. The van der Waals surface area contributed by atoms with E-state index in [0.717, 1.165) is 35.7 Å². The van der Waals surface area contributed by atoms with Gasteiger partial charge in [0.25, 0.3) is 0 Å². The lowest BCUT2D eigenvalue weighted by Crippen LogP contribution is -2.27. The first-order valence-electron chi connectivity index (χ1n) is 6.65. The number of imidazole rings is 1. The summed E-state index contributed by atoms with van der Waals surface area (Å²) in [6, 6.07) is 2.15. The van der Waals surface area contributed by atoms with E-state index >= 15 is 0 Å². The molecule has 0 saturated heterocycles. The van der Waals surface area contributed by atoms with Crippen molar-refractivity contribution in [3.63, 3.8) is 0 Å². The maximum Gasteiger partial charge on any atom is 0.130 e. The minimum absolute atomic E-state index is 0.0640. The molecule has 0 aliphatic carbocycles. The van der Waals surface area contributed by atoms with E-state index in [-0.39, 0.29) is 6.04 Å². The highest BCUT2D eigenvalue weighted by Crippen LogP contribution is 2.22. The lowest BCUT2D eigenvalue weighted by Gasteiger charge is -2.20. The van der Waals surface area contributed by atoms with Crippen molar-refractivity contribution in [1.29, 1.82) is 0 Å². The Morgan fingerprint density at radius 3 is 2.74 bits per heavy atom. The van der Waals surface area contributed by atoms with Gasteiger partial charge in [-0.1, -0.05) is 6.92 Å². The van der Waals surface area contributed by atoms with Gasteiger partial charge >= 0.3 is 0 Å². The molecule has 1 unspecified atom stereocenters. The van der Waals surface area contributed by atoms with E-state index in [0.29, 0.717) is 0 Å². The number of aromatic nitrogens is 4. The zero-order valence-corrected chi connectivity index (χ0v) is 12.0. The lowest BCUT2D eigenvalue weighted by molar-refractivity contribution is 0.549. The molecule has 0 aliphatic heterocycles. The van der Waals surface area contributed by atoms with Crippen molar-refractivity contribution in [3.05, 3.63) is 41.2 Å². The molecule has 19 heavy (non-hydrogen) atoms. The molecular formula is C14H21N5. The largest absolute Gasteiger partial charge is 0.336 e. The van der Waals surface area contributed by atoms with Gasteiger partial charge < -0.3 is 9.88 Å². The topological polar surface area (TPSA) is 55.6 Å². The van der Waals surface area contributed by atoms with Crippen LogP contribution in [0, 0.1) is 13.8 Å². The van der Waals surface area contributed by atoms with E-state index in [2.05, 4.69) is 33.5 Å². The van der Waals surface area contributed by atoms with Crippen LogP contribution in [0.15, 0.2) is 18.5 Å². The second kappa shape index (κ2) is 5.93. The molecule has 2 aromatic rings. The molecule has 0 aliphatic rings. The Labute approximate surface area is 114 Å². The highest BCUT2D eigenvalue weighted by molar-refractivity contribution is 5.29. The summed E-state index contributed by atoms with van der Waals surface area (Å²) in [6.45, 7) is 7.06. The van der Waals surface area contributed by atoms with E-state index in [9.17, 15) is 0 Å². The van der Waals surface area contributed by atoms with Gasteiger partial charge in [-0.25, -0.2) is 4.98 Å². The first-order chi connectivity index (χ1) is 9.13. The van der Waals surface area contributed by atoms with Gasteiger partial charge in [-0.2, -0.15) is 10.2 Å². The van der Waals surface area contributed by atoms with Gasteiger partial charge in [0.05, 0.1) is 17.4 Å². The van der Waals surface area contributed by atoms with E-state index in [1.807, 2.05) is 37.9 Å². The number of nitrogens with zero attached hydrogens (tertiary/aromatic N) is 4. The van der Waals surface area contributed by atoms with Gasteiger partial charge in [0.1, 0.15) is 5.82 Å². The molecule has 0 fully saturated rings. The zero-order valence-electron chi connectivity index (χ0n) is 12.0. The summed E-state index contributed by atoms with van der Waals surface area (Å²) in [4.78, 5) is 4.47. The summed E-state index contributed by atoms with van der Waals surface area (Å²) in [5.74, 6) is 1.00. The third-order valence-corrected chi connectivity index (χ3v) is 3.17. The number of rotatable bonds is 5. The van der Waals surface area contributed by atoms with Crippen LogP contribution < -0.4 is 5.32 Å². The van der Waals surface area contributed by atoms with Gasteiger partial charge in [-0.05, 0) is 32.9 Å². The lowest BCUT2D eigenvalue weighted by atomic mass is 10.0. The molecule has 2 aromatic heterocycles. The first-order valence-corrected chi connectivity index (χ1v) is 6.65. The highest BCUT2D eigenvalue weighted by Gasteiger charge is 2.20. The normalized spacial score (nSPS) is 12.6. The maximum atomic E-state index is 4.47. The molecule has 2 rings (SSSR count). The molecule has 0 aromatic carbocycles. The van der Waals surface area contributed by atoms with Crippen LogP contribution >= 0.6 is 0 Å². The summed E-state index contributed by atoms with van der Waals surface area (Å²) >= 11 is 0. The number of nitrogens with one attached hydrogen (secondary N) is 1. The average Bonchev–Trinajstić information content (AvgIpc) is 2.80. The molecule has 2 heterocycles. The van der Waals surface area contributed by atoms with Crippen LogP contribution in [0.2, 0.25) is 0 Å². The Morgan fingerprint density at radius 2 is 2.11 bits per heavy atom. The van der Waals surface area contributed by atoms with Gasteiger partial charge in [0, 0.05) is 25.0 Å². The fraction of sp³-hybridized carbons (Fsp3) is 0.500. The summed E-state index contributed by atoms with van der Waals surface area (Å²) in [6.07, 6.45) is 4.87. The monoisotopic (exact) mass is 259 g/mol. The summed E-state index contributed by atoms with van der Waals surface area (Å²) in [5.41, 5.74) is 3.02. The molecule has 1 atom stereocenters. The van der Waals surface area contributed by atoms with E-state index in [1.54, 1.807) is 0 Å². The molecule has 0 radical (unpaired) electrons. The molecule has 1 N–H and O–H groups in total. The molecule has 5 heteroatoms. The molecular weight excluding hydrogens is 238 g/mol. The van der Waals surface area contributed by atoms with Crippen LogP contribution in [0.4, 0.5) is 0 Å². The second-order valence-electron chi connectivity index (χ2n) is 4.81. The van der Waals surface area contributed by atoms with Crippen LogP contribution in [0.1, 0.15) is 42.2 Å². The number of aryl methyl sites for hydroxylation is 3. The standard InChI is InChI=1S/C14H21N5/c1-5-6-15-13(14-16-7-8-19(14)4)12-9-10(2)17-18-11(12)3/h7-9,13,15H,5-6H2,1-4H3. The fourth-order valence-electron chi connectivity index (χ4n) is 2.15. The van der Waals surface area contributed by atoms with Crippen LogP contribution in [0.3, 0.4) is 0 Å². The van der Waals surface area contributed by atoms with Crippen molar-refractivity contribution in [1.82, 2.24) is 25.1 Å². The summed E-state index contributed by atoms with van der Waals surface area (Å²) in [5, 5.41) is 11.9. The Kier molecular flexibility index (Phi) is 4.27. The minimum atomic E-state index is 0.0640. The highest BCUT2D eigenvalue weighted by atomic mass is 15.1. The Morgan fingerprint density at radius 1 is 1.32 bits per heavy atom. The molecule has 0 spiro atoms. The molecule has 5 nitrogen and oxygen atoms in total. The zero-order chi connectivity index (χ0) is 13.8. The smallest absolute Gasteiger partial charge is 0.130 e. The fourth-order valence-corrected chi connectivity index (χ4v) is 2.15. The SMILES string of the molecule is CCCNC(c1cc(C)nnc1C)c1nccn1C. The van der Waals surface area contributed by atoms with Crippen molar-refractivity contribution in [2.45, 2.75) is 33.2 Å². The van der Waals surface area contributed by atoms with Crippen molar-refractivity contribution in [2.24, 2.45) is 7.05 Å². The first kappa shape index (κ1) is 13.7. The van der Waals surface area contributed by atoms with Crippen molar-refractivity contribution in [3.8, 4) is 0 Å². The van der Waals surface area contributed by atoms with Crippen LogP contribution in [0.5, 0.6) is 0 Å². The predicted molar refractivity (Wildman–Crippen MR) is 74.9 cm³/mol.